The quantitative estimate of drug-likeness (QED) is 0.134. The van der Waals surface area contributed by atoms with Gasteiger partial charge in [0.05, 0.1) is 11.4 Å². The number of amides is 4. The van der Waals surface area contributed by atoms with Gasteiger partial charge < -0.3 is 9.47 Å². The van der Waals surface area contributed by atoms with Crippen molar-refractivity contribution in [1.82, 2.24) is 0 Å². The summed E-state index contributed by atoms with van der Waals surface area (Å²) in [6.45, 7) is 0. The van der Waals surface area contributed by atoms with E-state index in [9.17, 15) is 32.3 Å². The average Bonchev–Trinajstić information content (AvgIpc) is 3.60. The second kappa shape index (κ2) is 12.1. The summed E-state index contributed by atoms with van der Waals surface area (Å²) in [5.74, 6) is -7.78. The highest BCUT2D eigenvalue weighted by molar-refractivity contribution is 6.28. The van der Waals surface area contributed by atoms with Crippen LogP contribution in [0.3, 0.4) is 0 Å². The first kappa shape index (κ1) is 32.7. The Morgan fingerprint density at radius 2 is 0.673 bits per heavy atom. The molecular weight excluding hydrogens is 658 g/mol. The number of imide groups is 2. The van der Waals surface area contributed by atoms with Crippen molar-refractivity contribution in [3.63, 3.8) is 0 Å². The summed E-state index contributed by atoms with van der Waals surface area (Å²) in [7, 11) is 0. The molecule has 6 rings (SSSR count). The molecule has 248 valence electrons. The highest BCUT2D eigenvalue weighted by atomic mass is 19.4. The zero-order chi connectivity index (χ0) is 35.1. The minimum absolute atomic E-state index is 0.0336. The Labute approximate surface area is 273 Å². The van der Waals surface area contributed by atoms with Gasteiger partial charge in [0.2, 0.25) is 5.67 Å². The standard InChI is InChI=1S/C35H20F6N2O6/c36-33(34(37,38)35(39,40)41,21-1-9-25(10-2-21)48-27-13-5-23(6-14-27)42-29(44)17-18-30(42)45)22-3-11-26(12-4-22)49-28-15-7-24(8-16-28)43-31(46)19-20-32(43)47/h1-20H. The Kier molecular flexibility index (Phi) is 8.10. The molecule has 0 saturated heterocycles. The second-order valence-corrected chi connectivity index (χ2v) is 10.7. The third kappa shape index (κ3) is 5.92. The fourth-order valence-corrected chi connectivity index (χ4v) is 5.14. The SMILES string of the molecule is O=C1C=CC(=O)N1c1ccc(Oc2ccc(C(F)(c3ccc(Oc4ccc(N5C(=O)C=CC5=O)cc4)cc3)C(F)(F)C(F)(F)F)cc2)cc1. The number of carbonyl (C=O) groups is 4. The summed E-state index contributed by atoms with van der Waals surface area (Å²) in [6, 6.07) is 18.2. The molecule has 0 aliphatic carbocycles. The van der Waals surface area contributed by atoms with Gasteiger partial charge in [-0.05, 0) is 72.8 Å². The van der Waals surface area contributed by atoms with E-state index in [2.05, 4.69) is 0 Å². The second-order valence-electron chi connectivity index (χ2n) is 10.7. The number of hydrogen-bond donors (Lipinski definition) is 0. The topological polar surface area (TPSA) is 93.2 Å². The Balaban J connectivity index is 1.21. The van der Waals surface area contributed by atoms with Crippen molar-refractivity contribution in [3.8, 4) is 23.0 Å². The van der Waals surface area contributed by atoms with Crippen molar-refractivity contribution in [3.05, 3.63) is 132 Å². The molecule has 0 saturated carbocycles. The number of nitrogens with zero attached hydrogens (tertiary/aromatic N) is 2. The maximum Gasteiger partial charge on any atom is 0.457 e. The van der Waals surface area contributed by atoms with Crippen molar-refractivity contribution in [2.75, 3.05) is 9.80 Å². The highest BCUT2D eigenvalue weighted by Crippen LogP contribution is 2.54. The van der Waals surface area contributed by atoms with Gasteiger partial charge in [0.15, 0.2) is 0 Å². The Bertz CT molecular complexity index is 1840. The van der Waals surface area contributed by atoms with Crippen LogP contribution >= 0.6 is 0 Å². The van der Waals surface area contributed by atoms with Crippen molar-refractivity contribution in [2.45, 2.75) is 17.8 Å². The van der Waals surface area contributed by atoms with Crippen LogP contribution in [-0.4, -0.2) is 35.7 Å². The van der Waals surface area contributed by atoms with Crippen LogP contribution in [0.2, 0.25) is 0 Å². The number of alkyl halides is 6. The van der Waals surface area contributed by atoms with E-state index < -0.39 is 52.5 Å². The maximum atomic E-state index is 16.5. The van der Waals surface area contributed by atoms with E-state index in [1.165, 1.54) is 48.5 Å². The molecular formula is C35H20F6N2O6. The zero-order valence-corrected chi connectivity index (χ0v) is 24.7. The van der Waals surface area contributed by atoms with E-state index in [-0.39, 0.29) is 34.4 Å². The van der Waals surface area contributed by atoms with Crippen LogP contribution in [0.5, 0.6) is 23.0 Å². The van der Waals surface area contributed by atoms with Gasteiger partial charge in [0.25, 0.3) is 23.6 Å². The van der Waals surface area contributed by atoms with E-state index in [0.29, 0.717) is 0 Å². The van der Waals surface area contributed by atoms with Gasteiger partial charge in [-0.3, -0.25) is 19.2 Å². The number of carbonyl (C=O) groups excluding carboxylic acids is 4. The monoisotopic (exact) mass is 678 g/mol. The molecule has 0 N–H and O–H groups in total. The molecule has 0 atom stereocenters. The molecule has 0 aromatic heterocycles. The van der Waals surface area contributed by atoms with Crippen LogP contribution in [0.1, 0.15) is 11.1 Å². The van der Waals surface area contributed by atoms with E-state index in [1.807, 2.05) is 0 Å². The molecule has 4 aromatic rings. The van der Waals surface area contributed by atoms with Gasteiger partial charge in [-0.1, -0.05) is 24.3 Å². The summed E-state index contributed by atoms with van der Waals surface area (Å²) in [5, 5.41) is 0. The lowest BCUT2D eigenvalue weighted by Gasteiger charge is -2.35. The van der Waals surface area contributed by atoms with Gasteiger partial charge in [0, 0.05) is 35.4 Å². The number of ether oxygens (including phenoxy) is 2. The summed E-state index contributed by atoms with van der Waals surface area (Å²) < 4.78 is 98.8. The highest BCUT2D eigenvalue weighted by Gasteiger charge is 2.72. The Hall–Kier alpha value is -6.18. The molecule has 2 aliphatic rings. The van der Waals surface area contributed by atoms with Crippen LogP contribution in [0.4, 0.5) is 37.7 Å². The van der Waals surface area contributed by atoms with Crippen molar-refractivity contribution in [1.29, 1.82) is 0 Å². The molecule has 14 heteroatoms. The smallest absolute Gasteiger partial charge is 0.457 e. The van der Waals surface area contributed by atoms with E-state index in [4.69, 9.17) is 9.47 Å². The average molecular weight is 679 g/mol. The van der Waals surface area contributed by atoms with Crippen LogP contribution in [0, 0.1) is 0 Å². The third-order valence-electron chi connectivity index (χ3n) is 7.57. The molecule has 49 heavy (non-hydrogen) atoms. The fraction of sp³-hybridized carbons (Fsp3) is 0.0857. The first-order valence-corrected chi connectivity index (χ1v) is 14.2. The molecule has 0 spiro atoms. The lowest BCUT2D eigenvalue weighted by Crippen LogP contribution is -2.53. The molecule has 2 heterocycles. The van der Waals surface area contributed by atoms with Crippen LogP contribution in [-0.2, 0) is 24.8 Å². The fourth-order valence-electron chi connectivity index (χ4n) is 5.14. The number of halogens is 6. The number of hydrogen-bond acceptors (Lipinski definition) is 6. The molecule has 4 aromatic carbocycles. The van der Waals surface area contributed by atoms with Crippen LogP contribution < -0.4 is 19.3 Å². The normalized spacial score (nSPS) is 15.1. The van der Waals surface area contributed by atoms with Gasteiger partial charge in [-0.15, -0.1) is 0 Å². The van der Waals surface area contributed by atoms with Gasteiger partial charge >= 0.3 is 12.1 Å². The van der Waals surface area contributed by atoms with Crippen molar-refractivity contribution < 1.29 is 55.0 Å². The van der Waals surface area contributed by atoms with E-state index >= 15 is 13.2 Å². The third-order valence-corrected chi connectivity index (χ3v) is 7.57. The minimum Gasteiger partial charge on any atom is -0.457 e. The lowest BCUT2D eigenvalue weighted by atomic mass is 9.82. The summed E-state index contributed by atoms with van der Waals surface area (Å²) in [5.41, 5.74) is -5.91. The summed E-state index contributed by atoms with van der Waals surface area (Å²) in [6.07, 6.45) is -1.86. The van der Waals surface area contributed by atoms with Gasteiger partial charge in [-0.25, -0.2) is 14.2 Å². The van der Waals surface area contributed by atoms with Crippen molar-refractivity contribution >= 4 is 35.0 Å². The van der Waals surface area contributed by atoms with Gasteiger partial charge in [0.1, 0.15) is 23.0 Å². The minimum atomic E-state index is -6.28. The number of benzene rings is 4. The molecule has 4 amide bonds. The summed E-state index contributed by atoms with van der Waals surface area (Å²) >= 11 is 0. The Morgan fingerprint density at radius 1 is 0.408 bits per heavy atom. The lowest BCUT2D eigenvalue weighted by molar-refractivity contribution is -0.323. The number of anilines is 2. The summed E-state index contributed by atoms with van der Waals surface area (Å²) in [4.78, 5) is 49.3. The predicted octanol–water partition coefficient (Wildman–Crippen LogP) is 7.54. The maximum absolute atomic E-state index is 16.5. The van der Waals surface area contributed by atoms with Crippen LogP contribution in [0.25, 0.3) is 0 Å². The van der Waals surface area contributed by atoms with Crippen molar-refractivity contribution in [2.24, 2.45) is 0 Å². The van der Waals surface area contributed by atoms with E-state index in [0.717, 1.165) is 82.6 Å². The van der Waals surface area contributed by atoms with Gasteiger partial charge in [-0.2, -0.15) is 22.0 Å². The zero-order valence-electron chi connectivity index (χ0n) is 24.7. The molecule has 0 unspecified atom stereocenters. The predicted molar refractivity (Wildman–Crippen MR) is 162 cm³/mol. The molecule has 2 aliphatic heterocycles. The first-order chi connectivity index (χ1) is 23.2. The first-order valence-electron chi connectivity index (χ1n) is 14.2. The molecule has 0 bridgehead atoms. The Morgan fingerprint density at radius 3 is 0.939 bits per heavy atom. The van der Waals surface area contributed by atoms with Crippen LogP contribution in [0.15, 0.2) is 121 Å². The van der Waals surface area contributed by atoms with E-state index in [1.54, 1.807) is 0 Å². The number of rotatable bonds is 9. The molecule has 0 radical (unpaired) electrons. The largest absolute Gasteiger partial charge is 0.457 e. The molecule has 0 fully saturated rings. The molecule has 8 nitrogen and oxygen atoms in total.